The summed E-state index contributed by atoms with van der Waals surface area (Å²) in [7, 11) is -1.78. The minimum atomic E-state index is -4.00. The Balaban J connectivity index is 1.48. The Kier molecular flexibility index (Phi) is 13.7. The fraction of sp³-hybridized carbons (Fsp3) is 0.477. The lowest BCUT2D eigenvalue weighted by Crippen LogP contribution is -2.28. The van der Waals surface area contributed by atoms with Gasteiger partial charge in [-0.2, -0.15) is 13.0 Å². The monoisotopic (exact) mass is 712 g/mol. The van der Waals surface area contributed by atoms with Crippen LogP contribution >= 0.6 is 0 Å². The summed E-state index contributed by atoms with van der Waals surface area (Å²) in [6, 6.07) is 15.3. The van der Waals surface area contributed by atoms with Crippen molar-refractivity contribution in [3.63, 3.8) is 0 Å². The van der Waals surface area contributed by atoms with Crippen LogP contribution in [0.3, 0.4) is 0 Å². The molecule has 0 aromatic heterocycles. The molecule has 6 nitrogen and oxygen atoms in total. The Morgan fingerprint density at radius 2 is 1.67 bits per heavy atom. The van der Waals surface area contributed by atoms with Crippen LogP contribution in [0.4, 0.5) is 11.4 Å². The number of hydrogen-bond acceptors (Lipinski definition) is 4. The summed E-state index contributed by atoms with van der Waals surface area (Å²) in [5.41, 5.74) is 9.80. The first-order chi connectivity index (χ1) is 24.1. The van der Waals surface area contributed by atoms with Gasteiger partial charge < -0.3 is 9.80 Å². The molecular formula is C44H62N3O3S+. The average molecular weight is 713 g/mol. The molecule has 0 saturated carbocycles. The van der Waals surface area contributed by atoms with Crippen molar-refractivity contribution in [1.82, 2.24) is 4.90 Å². The molecule has 2 aromatic rings. The number of anilines is 1. The molecule has 2 aliphatic rings. The third kappa shape index (κ3) is 10.1. The van der Waals surface area contributed by atoms with Crippen LogP contribution in [0.2, 0.25) is 0 Å². The number of allylic oxidation sites excluding steroid dienone is 9. The zero-order chi connectivity index (χ0) is 37.4. The van der Waals surface area contributed by atoms with Gasteiger partial charge >= 0.3 is 0 Å². The van der Waals surface area contributed by atoms with Gasteiger partial charge in [0.1, 0.15) is 6.54 Å². The molecule has 0 unspecified atom stereocenters. The van der Waals surface area contributed by atoms with Crippen LogP contribution in [0.1, 0.15) is 97.3 Å². The Hall–Kier alpha value is -3.52. The van der Waals surface area contributed by atoms with E-state index in [-0.39, 0.29) is 16.6 Å². The highest BCUT2D eigenvalue weighted by atomic mass is 32.2. The van der Waals surface area contributed by atoms with E-state index in [0.717, 1.165) is 56.7 Å². The molecule has 4 rings (SSSR count). The highest BCUT2D eigenvalue weighted by molar-refractivity contribution is 7.85. The minimum absolute atomic E-state index is 0.112. The lowest BCUT2D eigenvalue weighted by Gasteiger charge is -2.27. The number of nitrogens with zero attached hydrogens (tertiary/aromatic N) is 3. The van der Waals surface area contributed by atoms with Gasteiger partial charge in [0.25, 0.3) is 10.1 Å². The largest absolute Gasteiger partial charge is 0.344 e. The van der Waals surface area contributed by atoms with Crippen molar-refractivity contribution in [2.45, 2.75) is 97.9 Å². The number of fused-ring (bicyclic) bond motifs is 2. The molecule has 0 bridgehead atoms. The van der Waals surface area contributed by atoms with Gasteiger partial charge in [0.2, 0.25) is 5.69 Å². The number of rotatable bonds is 18. The van der Waals surface area contributed by atoms with Gasteiger partial charge in [-0.05, 0) is 75.9 Å². The van der Waals surface area contributed by atoms with E-state index >= 15 is 0 Å². The summed E-state index contributed by atoms with van der Waals surface area (Å²) in [5, 5.41) is 0. The van der Waals surface area contributed by atoms with Crippen molar-refractivity contribution in [3.05, 3.63) is 120 Å². The smallest absolute Gasteiger partial charge is 0.265 e. The number of benzene rings is 2. The van der Waals surface area contributed by atoms with Gasteiger partial charge in [0.05, 0.1) is 11.2 Å². The van der Waals surface area contributed by atoms with Crippen molar-refractivity contribution in [1.29, 1.82) is 0 Å². The van der Waals surface area contributed by atoms with Gasteiger partial charge in [0.15, 0.2) is 5.71 Å². The summed E-state index contributed by atoms with van der Waals surface area (Å²) in [6.07, 6.45) is 19.7. The Morgan fingerprint density at radius 1 is 0.961 bits per heavy atom. The Labute approximate surface area is 309 Å². The average Bonchev–Trinajstić information content (AvgIpc) is 3.40. The molecule has 0 saturated heterocycles. The first-order valence-corrected chi connectivity index (χ1v) is 20.4. The predicted molar refractivity (Wildman–Crippen MR) is 217 cm³/mol. The van der Waals surface area contributed by atoms with E-state index in [4.69, 9.17) is 0 Å². The molecule has 2 aliphatic heterocycles. The van der Waals surface area contributed by atoms with Crippen molar-refractivity contribution in [3.8, 4) is 0 Å². The lowest BCUT2D eigenvalue weighted by atomic mass is 9.81. The minimum Gasteiger partial charge on any atom is -0.344 e. The van der Waals surface area contributed by atoms with E-state index in [1.54, 1.807) is 0 Å². The molecule has 51 heavy (non-hydrogen) atoms. The first kappa shape index (κ1) is 40.3. The van der Waals surface area contributed by atoms with Crippen LogP contribution < -0.4 is 4.90 Å². The summed E-state index contributed by atoms with van der Waals surface area (Å²) >= 11 is 0. The van der Waals surface area contributed by atoms with Gasteiger partial charge in [0, 0.05) is 54.0 Å². The second-order valence-corrected chi connectivity index (χ2v) is 17.2. The van der Waals surface area contributed by atoms with Crippen LogP contribution in [0, 0.1) is 5.92 Å². The van der Waals surface area contributed by atoms with Crippen molar-refractivity contribution in [2.24, 2.45) is 5.92 Å². The molecule has 2 heterocycles. The Morgan fingerprint density at radius 3 is 2.37 bits per heavy atom. The third-order valence-corrected chi connectivity index (χ3v) is 11.3. The maximum absolute atomic E-state index is 11.4. The van der Waals surface area contributed by atoms with Gasteiger partial charge in [-0.15, -0.1) is 0 Å². The zero-order valence-corrected chi connectivity index (χ0v) is 33.3. The molecule has 0 fully saturated rings. The molecule has 2 aromatic carbocycles. The zero-order valence-electron chi connectivity index (χ0n) is 32.5. The summed E-state index contributed by atoms with van der Waals surface area (Å²) in [5.74, 6) is 0.296. The number of unbranched alkanes of at least 4 members (excludes halogenated alkanes) is 1. The fourth-order valence-corrected chi connectivity index (χ4v) is 7.90. The molecule has 0 atom stereocenters. The van der Waals surface area contributed by atoms with E-state index in [1.807, 2.05) is 18.2 Å². The lowest BCUT2D eigenvalue weighted by molar-refractivity contribution is -0.437. The third-order valence-electron chi connectivity index (χ3n) is 10.5. The SMILES string of the molecule is C=C(CCCN(C)Cc1ccc2c(c1)C(C)(C)C(=CC=CC=CC=CC1=[N+](CCCS(=O)(=O)O)c3ccccc3C1(C)C)N2CCCC)C(C)C. The second-order valence-electron chi connectivity index (χ2n) is 15.6. The van der Waals surface area contributed by atoms with E-state index in [0.29, 0.717) is 18.9 Å². The van der Waals surface area contributed by atoms with Gasteiger partial charge in [-0.1, -0.05) is 114 Å². The Bertz CT molecular complexity index is 1810. The predicted octanol–water partition coefficient (Wildman–Crippen LogP) is 9.92. The molecule has 0 spiro atoms. The van der Waals surface area contributed by atoms with Crippen LogP contribution in [0.15, 0.2) is 103 Å². The van der Waals surface area contributed by atoms with Crippen molar-refractivity contribution >= 4 is 27.2 Å². The number of para-hydroxylation sites is 1. The second kappa shape index (κ2) is 17.3. The molecular weight excluding hydrogens is 651 g/mol. The normalized spacial score (nSPS) is 17.7. The summed E-state index contributed by atoms with van der Waals surface area (Å²) in [6.45, 7) is 23.6. The number of hydrogen-bond donors (Lipinski definition) is 1. The van der Waals surface area contributed by atoms with Crippen LogP contribution in [-0.2, 0) is 27.5 Å². The van der Waals surface area contributed by atoms with E-state index in [2.05, 4.69) is 143 Å². The highest BCUT2D eigenvalue weighted by Gasteiger charge is 2.44. The quantitative estimate of drug-likeness (QED) is 0.0722. The van der Waals surface area contributed by atoms with Crippen molar-refractivity contribution in [2.75, 3.05) is 37.3 Å². The standard InChI is InChI=1S/C44H61N3O3S/c1-10-11-29-46-40-27-26-36(33-45(9)28-19-21-35(4)34(2)3)32-38(40)44(7,8)42(46)25-16-14-12-13-15-24-41-43(5,6)37-22-17-18-23-39(37)47(41)30-20-31-51(48,49)50/h12-18,22-27,32,34H,4,10-11,19-21,28-31,33H2,1-3,5-9H3/p+1. The van der Waals surface area contributed by atoms with Crippen LogP contribution in [-0.4, -0.2) is 60.6 Å². The topological polar surface area (TPSA) is 63.9 Å². The van der Waals surface area contributed by atoms with Crippen molar-refractivity contribution < 1.29 is 17.5 Å². The van der Waals surface area contributed by atoms with E-state index in [1.165, 1.54) is 33.6 Å². The van der Waals surface area contributed by atoms with Gasteiger partial charge in [-0.3, -0.25) is 4.55 Å². The molecule has 276 valence electrons. The molecule has 1 N–H and O–H groups in total. The van der Waals surface area contributed by atoms with E-state index < -0.39 is 10.1 Å². The van der Waals surface area contributed by atoms with Crippen LogP contribution in [0.5, 0.6) is 0 Å². The van der Waals surface area contributed by atoms with E-state index in [9.17, 15) is 13.0 Å². The molecule has 7 heteroatoms. The fourth-order valence-electron chi connectivity index (χ4n) is 7.41. The maximum atomic E-state index is 11.4. The van der Waals surface area contributed by atoms with Crippen LogP contribution in [0.25, 0.3) is 0 Å². The maximum Gasteiger partial charge on any atom is 0.265 e. The summed E-state index contributed by atoms with van der Waals surface area (Å²) < 4.78 is 34.3. The highest BCUT2D eigenvalue weighted by Crippen LogP contribution is 2.48. The molecule has 0 aliphatic carbocycles. The summed E-state index contributed by atoms with van der Waals surface area (Å²) in [4.78, 5) is 4.95. The molecule has 0 radical (unpaired) electrons. The molecule has 0 amide bonds. The van der Waals surface area contributed by atoms with Gasteiger partial charge in [-0.25, -0.2) is 0 Å². The first-order valence-electron chi connectivity index (χ1n) is 18.8.